The van der Waals surface area contributed by atoms with Crippen LogP contribution in [0.25, 0.3) is 22.0 Å². The Morgan fingerprint density at radius 1 is 1.11 bits per heavy atom. The van der Waals surface area contributed by atoms with E-state index in [1.165, 1.54) is 10.9 Å². The van der Waals surface area contributed by atoms with Crippen molar-refractivity contribution in [1.29, 1.82) is 0 Å². The van der Waals surface area contributed by atoms with Crippen LogP contribution in [0.15, 0.2) is 76.2 Å². The summed E-state index contributed by atoms with van der Waals surface area (Å²) in [7, 11) is 0. The Morgan fingerprint density at radius 3 is 2.74 bits per heavy atom. The van der Waals surface area contributed by atoms with E-state index < -0.39 is 5.76 Å². The number of carbonyl (C=O) groups is 1. The van der Waals surface area contributed by atoms with Crippen molar-refractivity contribution in [1.82, 2.24) is 14.5 Å². The minimum absolute atomic E-state index is 0.211. The quantitative estimate of drug-likeness (QED) is 0.223. The molecule has 5 aromatic rings. The zero-order valence-electron chi connectivity index (χ0n) is 20.6. The van der Waals surface area contributed by atoms with Gasteiger partial charge in [-0.1, -0.05) is 41.9 Å². The average molecular weight is 533 g/mol. The van der Waals surface area contributed by atoms with Gasteiger partial charge in [-0.15, -0.1) is 0 Å². The van der Waals surface area contributed by atoms with Crippen LogP contribution in [-0.4, -0.2) is 27.1 Å². The van der Waals surface area contributed by atoms with Crippen LogP contribution in [-0.2, 0) is 22.7 Å². The van der Waals surface area contributed by atoms with Crippen molar-refractivity contribution in [3.05, 3.63) is 88.1 Å². The van der Waals surface area contributed by atoms with E-state index in [1.54, 1.807) is 31.2 Å². The van der Waals surface area contributed by atoms with Gasteiger partial charge < -0.3 is 19.2 Å². The highest BCUT2D eigenvalue weighted by molar-refractivity contribution is 6.32. The number of anilines is 2. The first-order chi connectivity index (χ1) is 18.5. The van der Waals surface area contributed by atoms with E-state index in [4.69, 9.17) is 25.5 Å². The molecule has 38 heavy (non-hydrogen) atoms. The number of rotatable bonds is 10. The van der Waals surface area contributed by atoms with Gasteiger partial charge in [0.1, 0.15) is 24.5 Å². The molecular formula is C28H25ClN4O5. The summed E-state index contributed by atoms with van der Waals surface area (Å²) in [5.41, 5.74) is 3.36. The first-order valence-electron chi connectivity index (χ1n) is 12.2. The number of halogens is 1. The SMILES string of the molecule is CCOC(=O)CCCn1c(=O)oc2cc3ncnc(Nc4ccc(OCc5ccccc5)c(Cl)c4)c3cc21. The van der Waals surface area contributed by atoms with Crippen LogP contribution in [0.5, 0.6) is 5.75 Å². The predicted molar refractivity (Wildman–Crippen MR) is 145 cm³/mol. The number of benzene rings is 3. The van der Waals surface area contributed by atoms with E-state index in [9.17, 15) is 9.59 Å². The Morgan fingerprint density at radius 2 is 1.95 bits per heavy atom. The van der Waals surface area contributed by atoms with Gasteiger partial charge in [0.2, 0.25) is 0 Å². The molecule has 0 amide bonds. The van der Waals surface area contributed by atoms with Gasteiger partial charge >= 0.3 is 11.7 Å². The fraction of sp³-hybridized carbons (Fsp3) is 0.214. The topological polar surface area (TPSA) is 108 Å². The van der Waals surface area contributed by atoms with E-state index in [-0.39, 0.29) is 12.4 Å². The minimum atomic E-state index is -0.500. The van der Waals surface area contributed by atoms with E-state index in [0.29, 0.717) is 70.5 Å². The third-order valence-electron chi connectivity index (χ3n) is 5.92. The van der Waals surface area contributed by atoms with Crippen LogP contribution >= 0.6 is 11.6 Å². The molecule has 0 aliphatic heterocycles. The maximum atomic E-state index is 12.5. The molecular weight excluding hydrogens is 508 g/mol. The van der Waals surface area contributed by atoms with Gasteiger partial charge in [0.25, 0.3) is 0 Å². The lowest BCUT2D eigenvalue weighted by atomic mass is 10.2. The smallest absolute Gasteiger partial charge is 0.419 e. The Labute approximate surface area is 223 Å². The molecule has 9 nitrogen and oxygen atoms in total. The molecule has 0 spiro atoms. The van der Waals surface area contributed by atoms with Crippen molar-refractivity contribution >= 4 is 51.1 Å². The lowest BCUT2D eigenvalue weighted by Crippen LogP contribution is -2.15. The highest BCUT2D eigenvalue weighted by atomic mass is 35.5. The van der Waals surface area contributed by atoms with Crippen molar-refractivity contribution in [2.45, 2.75) is 32.9 Å². The zero-order chi connectivity index (χ0) is 26.5. The lowest BCUT2D eigenvalue weighted by molar-refractivity contribution is -0.143. The van der Waals surface area contributed by atoms with E-state index in [0.717, 1.165) is 5.56 Å². The number of hydrogen-bond donors (Lipinski definition) is 1. The second-order valence-corrected chi connectivity index (χ2v) is 8.94. The zero-order valence-corrected chi connectivity index (χ0v) is 21.4. The Hall–Kier alpha value is -4.37. The van der Waals surface area contributed by atoms with Crippen molar-refractivity contribution < 1.29 is 18.7 Å². The molecule has 0 atom stereocenters. The van der Waals surface area contributed by atoms with E-state index in [1.807, 2.05) is 36.4 Å². The summed E-state index contributed by atoms with van der Waals surface area (Å²) in [5.74, 6) is 0.312. The van der Waals surface area contributed by atoms with Gasteiger partial charge in [-0.05, 0) is 43.2 Å². The molecule has 10 heteroatoms. The molecule has 2 aromatic heterocycles. The molecule has 0 aliphatic carbocycles. The molecule has 0 unspecified atom stereocenters. The third-order valence-corrected chi connectivity index (χ3v) is 6.22. The third kappa shape index (κ3) is 5.63. The summed E-state index contributed by atoms with van der Waals surface area (Å²) < 4.78 is 17.8. The van der Waals surface area contributed by atoms with Crippen molar-refractivity contribution in [2.75, 3.05) is 11.9 Å². The molecule has 3 aromatic carbocycles. The van der Waals surface area contributed by atoms with Gasteiger partial charge in [-0.25, -0.2) is 14.8 Å². The first kappa shape index (κ1) is 25.3. The van der Waals surface area contributed by atoms with Crippen LogP contribution in [0.1, 0.15) is 25.3 Å². The molecule has 0 radical (unpaired) electrons. The molecule has 0 fully saturated rings. The van der Waals surface area contributed by atoms with Crippen LogP contribution in [0.3, 0.4) is 0 Å². The maximum Gasteiger partial charge on any atom is 0.419 e. The number of aryl methyl sites for hydroxylation is 1. The van der Waals surface area contributed by atoms with Crippen molar-refractivity contribution in [3.63, 3.8) is 0 Å². The number of esters is 1. The minimum Gasteiger partial charge on any atom is -0.487 e. The summed E-state index contributed by atoms with van der Waals surface area (Å²) in [4.78, 5) is 32.9. The van der Waals surface area contributed by atoms with Crippen LogP contribution in [0.4, 0.5) is 11.5 Å². The van der Waals surface area contributed by atoms with E-state index in [2.05, 4.69) is 15.3 Å². The number of nitrogens with zero attached hydrogens (tertiary/aromatic N) is 3. The molecule has 1 N–H and O–H groups in total. The summed E-state index contributed by atoms with van der Waals surface area (Å²) in [6.07, 6.45) is 2.09. The monoisotopic (exact) mass is 532 g/mol. The normalized spacial score (nSPS) is 11.1. The number of carbonyl (C=O) groups excluding carboxylic acids is 1. The number of aromatic nitrogens is 3. The number of nitrogens with one attached hydrogen (secondary N) is 1. The van der Waals surface area contributed by atoms with Crippen LogP contribution in [0, 0.1) is 0 Å². The highest BCUT2D eigenvalue weighted by Gasteiger charge is 2.15. The van der Waals surface area contributed by atoms with Crippen LogP contribution < -0.4 is 15.8 Å². The summed E-state index contributed by atoms with van der Waals surface area (Å²) in [6.45, 7) is 2.80. The Bertz CT molecular complexity index is 1650. The highest BCUT2D eigenvalue weighted by Crippen LogP contribution is 2.32. The molecule has 0 saturated heterocycles. The van der Waals surface area contributed by atoms with Crippen molar-refractivity contribution in [2.24, 2.45) is 0 Å². The predicted octanol–water partition coefficient (Wildman–Crippen LogP) is 5.86. The second kappa shape index (κ2) is 11.4. The van der Waals surface area contributed by atoms with Gasteiger partial charge in [0.15, 0.2) is 5.58 Å². The van der Waals surface area contributed by atoms with E-state index >= 15 is 0 Å². The second-order valence-electron chi connectivity index (χ2n) is 8.53. The standard InChI is InChI=1S/C28H25ClN4O5/c1-2-36-26(34)9-6-12-33-23-14-20-22(15-25(23)38-28(33)35)30-17-31-27(20)32-19-10-11-24(21(29)13-19)37-16-18-7-4-3-5-8-18/h3-5,7-8,10-11,13-15,17H,2,6,9,12,16H2,1H3,(H,30,31,32). The molecule has 0 aliphatic rings. The molecule has 2 heterocycles. The number of fused-ring (bicyclic) bond motifs is 2. The lowest BCUT2D eigenvalue weighted by Gasteiger charge is -2.12. The fourth-order valence-corrected chi connectivity index (χ4v) is 4.34. The number of hydrogen-bond acceptors (Lipinski definition) is 8. The molecule has 0 saturated carbocycles. The van der Waals surface area contributed by atoms with Crippen LogP contribution in [0.2, 0.25) is 5.02 Å². The van der Waals surface area contributed by atoms with Crippen molar-refractivity contribution in [3.8, 4) is 5.75 Å². The Kier molecular flexibility index (Phi) is 7.55. The fourth-order valence-electron chi connectivity index (χ4n) is 4.11. The van der Waals surface area contributed by atoms with Gasteiger partial charge in [0.05, 0.1) is 22.7 Å². The average Bonchev–Trinajstić information content (AvgIpc) is 3.22. The summed E-state index contributed by atoms with van der Waals surface area (Å²) in [6, 6.07) is 18.8. The largest absolute Gasteiger partial charge is 0.487 e. The summed E-state index contributed by atoms with van der Waals surface area (Å²) in [5, 5.41) is 4.43. The van der Waals surface area contributed by atoms with Gasteiger partial charge in [0, 0.05) is 30.1 Å². The number of oxazole rings is 1. The molecule has 0 bridgehead atoms. The van der Waals surface area contributed by atoms with Gasteiger partial charge in [-0.2, -0.15) is 0 Å². The first-order valence-corrected chi connectivity index (χ1v) is 12.6. The summed E-state index contributed by atoms with van der Waals surface area (Å²) >= 11 is 6.49. The number of ether oxygens (including phenoxy) is 2. The molecule has 5 rings (SSSR count). The molecule has 194 valence electrons. The Balaban J connectivity index is 1.38. The van der Waals surface area contributed by atoms with Gasteiger partial charge in [-0.3, -0.25) is 9.36 Å². The maximum absolute atomic E-state index is 12.5.